The number of rotatable bonds is 5. The van der Waals surface area contributed by atoms with Gasteiger partial charge in [-0.05, 0) is 59.7 Å². The summed E-state index contributed by atoms with van der Waals surface area (Å²) in [5.41, 5.74) is 9.93. The van der Waals surface area contributed by atoms with Crippen LogP contribution in [-0.4, -0.2) is 19.5 Å². The van der Waals surface area contributed by atoms with Crippen molar-refractivity contribution in [2.24, 2.45) is 0 Å². The molecule has 0 aliphatic carbocycles. The van der Waals surface area contributed by atoms with Gasteiger partial charge in [-0.25, -0.2) is 15.0 Å². The molecule has 50 heavy (non-hydrogen) atoms. The third-order valence-corrected chi connectivity index (χ3v) is 9.44. The molecule has 0 aliphatic rings. The summed E-state index contributed by atoms with van der Waals surface area (Å²) in [4.78, 5) is 15.2. The highest BCUT2D eigenvalue weighted by Crippen LogP contribution is 2.41. The maximum atomic E-state index is 6.55. The SMILES string of the molecule is c1ccc(-c2nc(-c3ccccc3)nc(-c3cc(-c4ccc5c(c4)c4ccccc4n5-c4ccccc4)cc4oc5ccccc5c34)n2)cc1. The van der Waals surface area contributed by atoms with Crippen LogP contribution in [0, 0.1) is 0 Å². The van der Waals surface area contributed by atoms with Crippen molar-refractivity contribution in [2.75, 3.05) is 0 Å². The zero-order valence-corrected chi connectivity index (χ0v) is 26.9. The van der Waals surface area contributed by atoms with Crippen LogP contribution in [0.4, 0.5) is 0 Å². The molecule has 5 nitrogen and oxygen atoms in total. The molecule has 0 saturated heterocycles. The zero-order chi connectivity index (χ0) is 33.0. The second kappa shape index (κ2) is 11.4. The molecule has 5 heteroatoms. The molecule has 0 spiro atoms. The Balaban J connectivity index is 1.24. The predicted octanol–water partition coefficient (Wildman–Crippen LogP) is 11.5. The number of nitrogens with zero attached hydrogens (tertiary/aromatic N) is 4. The van der Waals surface area contributed by atoms with E-state index in [1.807, 2.05) is 78.9 Å². The molecule has 0 bridgehead atoms. The molecule has 0 saturated carbocycles. The molecule has 0 aliphatic heterocycles. The van der Waals surface area contributed by atoms with E-state index in [0.717, 1.165) is 61.0 Å². The van der Waals surface area contributed by atoms with E-state index in [-0.39, 0.29) is 0 Å². The first-order valence-electron chi connectivity index (χ1n) is 16.7. The standard InChI is InChI=1S/C45H28N4O/c1-4-14-29(15-5-1)43-46-44(30-16-6-2-7-17-30)48-45(47-43)37-27-32(28-41-42(37)35-21-11-13-23-40(35)50-41)31-24-25-39-36(26-31)34-20-10-12-22-38(34)49(39)33-18-8-3-9-19-33/h1-28H. The molecular formula is C45H28N4O. The highest BCUT2D eigenvalue weighted by molar-refractivity contribution is 6.14. The second-order valence-corrected chi connectivity index (χ2v) is 12.5. The van der Waals surface area contributed by atoms with Gasteiger partial charge in [-0.2, -0.15) is 0 Å². The molecule has 3 aromatic heterocycles. The summed E-state index contributed by atoms with van der Waals surface area (Å²) in [5, 5.41) is 4.39. The summed E-state index contributed by atoms with van der Waals surface area (Å²) in [7, 11) is 0. The summed E-state index contributed by atoms with van der Waals surface area (Å²) in [5.74, 6) is 1.84. The number of aromatic nitrogens is 4. The maximum Gasteiger partial charge on any atom is 0.164 e. The van der Waals surface area contributed by atoms with Crippen LogP contribution in [0.5, 0.6) is 0 Å². The van der Waals surface area contributed by atoms with Gasteiger partial charge in [0.25, 0.3) is 0 Å². The minimum absolute atomic E-state index is 0.595. The Morgan fingerprint density at radius 2 is 0.960 bits per heavy atom. The van der Waals surface area contributed by atoms with E-state index < -0.39 is 0 Å². The van der Waals surface area contributed by atoms with Crippen molar-refractivity contribution in [2.45, 2.75) is 0 Å². The first-order chi connectivity index (χ1) is 24.8. The number of hydrogen-bond donors (Lipinski definition) is 0. The highest BCUT2D eigenvalue weighted by atomic mass is 16.3. The number of furan rings is 1. The normalized spacial score (nSPS) is 11.6. The Morgan fingerprint density at radius 3 is 1.68 bits per heavy atom. The molecule has 0 radical (unpaired) electrons. The van der Waals surface area contributed by atoms with Crippen LogP contribution >= 0.6 is 0 Å². The molecule has 0 N–H and O–H groups in total. The van der Waals surface area contributed by atoms with Crippen molar-refractivity contribution >= 4 is 43.7 Å². The Hall–Kier alpha value is -6.85. The third kappa shape index (κ3) is 4.60. The van der Waals surface area contributed by atoms with E-state index in [4.69, 9.17) is 19.4 Å². The largest absolute Gasteiger partial charge is 0.456 e. The summed E-state index contributed by atoms with van der Waals surface area (Å²) in [6, 6.07) is 58.6. The fourth-order valence-corrected chi connectivity index (χ4v) is 7.13. The number of benzene rings is 7. The molecular weight excluding hydrogens is 613 g/mol. The van der Waals surface area contributed by atoms with Crippen LogP contribution in [0.15, 0.2) is 174 Å². The second-order valence-electron chi connectivity index (χ2n) is 12.5. The van der Waals surface area contributed by atoms with Crippen molar-refractivity contribution in [3.63, 3.8) is 0 Å². The van der Waals surface area contributed by atoms with E-state index in [9.17, 15) is 0 Å². The minimum atomic E-state index is 0.595. The maximum absolute atomic E-state index is 6.55. The van der Waals surface area contributed by atoms with Gasteiger partial charge in [0.1, 0.15) is 11.2 Å². The van der Waals surface area contributed by atoms with Gasteiger partial charge in [-0.1, -0.05) is 121 Å². The lowest BCUT2D eigenvalue weighted by atomic mass is 9.97. The first kappa shape index (κ1) is 28.2. The van der Waals surface area contributed by atoms with Crippen LogP contribution in [0.3, 0.4) is 0 Å². The molecule has 0 atom stereocenters. The summed E-state index contributed by atoms with van der Waals surface area (Å²) < 4.78 is 8.89. The van der Waals surface area contributed by atoms with E-state index >= 15 is 0 Å². The fourth-order valence-electron chi connectivity index (χ4n) is 7.13. The Labute approximate surface area is 287 Å². The van der Waals surface area contributed by atoms with Crippen molar-refractivity contribution in [3.8, 4) is 51.0 Å². The zero-order valence-electron chi connectivity index (χ0n) is 26.9. The van der Waals surface area contributed by atoms with E-state index in [0.29, 0.717) is 17.5 Å². The fraction of sp³-hybridized carbons (Fsp3) is 0. The van der Waals surface area contributed by atoms with Gasteiger partial charge in [0, 0.05) is 43.9 Å². The lowest BCUT2D eigenvalue weighted by molar-refractivity contribution is 0.669. The number of hydrogen-bond acceptors (Lipinski definition) is 4. The van der Waals surface area contributed by atoms with E-state index in [2.05, 4.69) is 95.6 Å². The summed E-state index contributed by atoms with van der Waals surface area (Å²) >= 11 is 0. The monoisotopic (exact) mass is 640 g/mol. The van der Waals surface area contributed by atoms with Crippen molar-refractivity contribution < 1.29 is 4.42 Å². The van der Waals surface area contributed by atoms with Crippen molar-refractivity contribution in [1.82, 2.24) is 19.5 Å². The van der Waals surface area contributed by atoms with Crippen molar-refractivity contribution in [1.29, 1.82) is 0 Å². The molecule has 0 fully saturated rings. The molecule has 0 unspecified atom stereocenters. The lowest BCUT2D eigenvalue weighted by Gasteiger charge is -2.11. The van der Waals surface area contributed by atoms with Gasteiger partial charge >= 0.3 is 0 Å². The molecule has 234 valence electrons. The molecule has 7 aromatic carbocycles. The molecule has 3 heterocycles. The summed E-state index contributed by atoms with van der Waals surface area (Å²) in [6.07, 6.45) is 0. The lowest BCUT2D eigenvalue weighted by Crippen LogP contribution is -2.00. The molecule has 0 amide bonds. The summed E-state index contributed by atoms with van der Waals surface area (Å²) in [6.45, 7) is 0. The topological polar surface area (TPSA) is 56.7 Å². The number of fused-ring (bicyclic) bond motifs is 6. The van der Waals surface area contributed by atoms with Crippen LogP contribution in [0.1, 0.15) is 0 Å². The van der Waals surface area contributed by atoms with Crippen LogP contribution in [0.2, 0.25) is 0 Å². The van der Waals surface area contributed by atoms with E-state index in [1.165, 1.54) is 16.3 Å². The molecule has 10 rings (SSSR count). The Morgan fingerprint density at radius 1 is 0.380 bits per heavy atom. The average molecular weight is 641 g/mol. The van der Waals surface area contributed by atoms with Crippen LogP contribution < -0.4 is 0 Å². The minimum Gasteiger partial charge on any atom is -0.456 e. The van der Waals surface area contributed by atoms with Gasteiger partial charge in [-0.15, -0.1) is 0 Å². The first-order valence-corrected chi connectivity index (χ1v) is 16.7. The third-order valence-electron chi connectivity index (χ3n) is 9.44. The average Bonchev–Trinajstić information content (AvgIpc) is 3.74. The van der Waals surface area contributed by atoms with Gasteiger partial charge in [0.2, 0.25) is 0 Å². The van der Waals surface area contributed by atoms with Gasteiger partial charge in [0.05, 0.1) is 11.0 Å². The van der Waals surface area contributed by atoms with Gasteiger partial charge < -0.3 is 8.98 Å². The Kier molecular flexibility index (Phi) is 6.42. The smallest absolute Gasteiger partial charge is 0.164 e. The van der Waals surface area contributed by atoms with Crippen LogP contribution in [0.25, 0.3) is 94.7 Å². The van der Waals surface area contributed by atoms with E-state index in [1.54, 1.807) is 0 Å². The highest BCUT2D eigenvalue weighted by Gasteiger charge is 2.20. The van der Waals surface area contributed by atoms with Gasteiger partial charge in [-0.3, -0.25) is 0 Å². The molecule has 10 aromatic rings. The van der Waals surface area contributed by atoms with Crippen LogP contribution in [-0.2, 0) is 0 Å². The quantitative estimate of drug-likeness (QED) is 0.188. The Bertz CT molecular complexity index is 2800. The number of para-hydroxylation sites is 3. The predicted molar refractivity (Wildman–Crippen MR) is 203 cm³/mol. The van der Waals surface area contributed by atoms with Crippen molar-refractivity contribution in [3.05, 3.63) is 170 Å². The van der Waals surface area contributed by atoms with Gasteiger partial charge in [0.15, 0.2) is 17.5 Å².